The molecule has 0 bridgehead atoms. The van der Waals surface area contributed by atoms with Crippen LogP contribution in [0.25, 0.3) is 11.0 Å². The highest BCUT2D eigenvalue weighted by Gasteiger charge is 2.35. The fourth-order valence-electron chi connectivity index (χ4n) is 3.61. The normalized spacial score (nSPS) is 20.1. The number of hydrogen-bond acceptors (Lipinski definition) is 6. The Balaban J connectivity index is 1.55. The van der Waals surface area contributed by atoms with E-state index in [0.717, 1.165) is 22.7 Å². The Hall–Kier alpha value is -1.61. The van der Waals surface area contributed by atoms with Gasteiger partial charge in [-0.3, -0.25) is 4.79 Å². The molecule has 7 nitrogen and oxygen atoms in total. The van der Waals surface area contributed by atoms with Crippen LogP contribution < -0.4 is 0 Å². The molecule has 0 aliphatic carbocycles. The molecule has 1 fully saturated rings. The molecule has 1 aromatic heterocycles. The van der Waals surface area contributed by atoms with Crippen molar-refractivity contribution in [3.8, 4) is 0 Å². The van der Waals surface area contributed by atoms with Crippen molar-refractivity contribution in [1.29, 1.82) is 0 Å². The van der Waals surface area contributed by atoms with E-state index < -0.39 is 0 Å². The molecule has 148 valence electrons. The number of nitrogens with one attached hydrogen (secondary N) is 1. The summed E-state index contributed by atoms with van der Waals surface area (Å²) < 4.78 is 0. The summed E-state index contributed by atoms with van der Waals surface area (Å²) in [5, 5.41) is 19.5. The lowest BCUT2D eigenvalue weighted by Crippen LogP contribution is -2.34. The summed E-state index contributed by atoms with van der Waals surface area (Å²) in [6, 6.07) is 6.05. The molecule has 0 spiro atoms. The minimum Gasteiger partial charge on any atom is -0.396 e. The molecular formula is C19H28N4O3S. The van der Waals surface area contributed by atoms with E-state index in [2.05, 4.69) is 9.97 Å². The Kier molecular flexibility index (Phi) is 6.75. The standard InChI is InChI=1S/C19H28N4O3S/c1-13-3-4-16-17(7-13)21-19(20-16)27-12-18(26)23-9-14(15(10-23)11-25)8-22(2)5-6-24/h3-4,7,14-15,24-25H,5-6,8-12H2,1-2H3,(H,20,21)/t14-,15-/m1/s1. The van der Waals surface area contributed by atoms with Crippen LogP contribution in [0.4, 0.5) is 0 Å². The maximum Gasteiger partial charge on any atom is 0.233 e. The Morgan fingerprint density at radius 1 is 1.37 bits per heavy atom. The van der Waals surface area contributed by atoms with Gasteiger partial charge in [0.05, 0.1) is 23.4 Å². The van der Waals surface area contributed by atoms with E-state index in [-0.39, 0.29) is 31.0 Å². The van der Waals surface area contributed by atoms with Gasteiger partial charge in [0.15, 0.2) is 5.16 Å². The van der Waals surface area contributed by atoms with Crippen molar-refractivity contribution in [3.05, 3.63) is 23.8 Å². The van der Waals surface area contributed by atoms with Gasteiger partial charge in [-0.15, -0.1) is 0 Å². The number of likely N-dealkylation sites (tertiary alicyclic amines) is 1. The van der Waals surface area contributed by atoms with Crippen LogP contribution in [0, 0.1) is 18.8 Å². The Morgan fingerprint density at radius 3 is 2.89 bits per heavy atom. The lowest BCUT2D eigenvalue weighted by molar-refractivity contribution is -0.127. The van der Waals surface area contributed by atoms with Gasteiger partial charge in [-0.2, -0.15) is 0 Å². The van der Waals surface area contributed by atoms with Crippen LogP contribution in [0.3, 0.4) is 0 Å². The van der Waals surface area contributed by atoms with E-state index in [4.69, 9.17) is 5.11 Å². The number of aryl methyl sites for hydroxylation is 1. The quantitative estimate of drug-likeness (QED) is 0.580. The number of fused-ring (bicyclic) bond motifs is 1. The third-order valence-corrected chi connectivity index (χ3v) is 6.00. The van der Waals surface area contributed by atoms with Gasteiger partial charge in [-0.05, 0) is 37.6 Å². The van der Waals surface area contributed by atoms with Crippen molar-refractivity contribution in [2.24, 2.45) is 11.8 Å². The molecule has 8 heteroatoms. The predicted octanol–water partition coefficient (Wildman–Crippen LogP) is 0.954. The number of thioether (sulfide) groups is 1. The van der Waals surface area contributed by atoms with Gasteiger partial charge in [0.1, 0.15) is 0 Å². The molecule has 2 heterocycles. The largest absolute Gasteiger partial charge is 0.396 e. The Labute approximate surface area is 163 Å². The number of carbonyl (C=O) groups excluding carboxylic acids is 1. The van der Waals surface area contributed by atoms with Gasteiger partial charge >= 0.3 is 0 Å². The SMILES string of the molecule is Cc1ccc2nc(SCC(=O)N3C[C@@H](CN(C)CCO)[C@@H](CO)C3)[nH]c2c1. The van der Waals surface area contributed by atoms with Crippen LogP contribution in [0.15, 0.2) is 23.4 Å². The van der Waals surface area contributed by atoms with Gasteiger partial charge in [0.2, 0.25) is 5.91 Å². The molecule has 0 saturated carbocycles. The molecule has 1 aliphatic heterocycles. The van der Waals surface area contributed by atoms with E-state index in [1.54, 1.807) is 0 Å². The number of carbonyl (C=O) groups is 1. The molecule has 1 aromatic carbocycles. The van der Waals surface area contributed by atoms with E-state index >= 15 is 0 Å². The number of benzene rings is 1. The third-order valence-electron chi connectivity index (χ3n) is 5.14. The second-order valence-electron chi connectivity index (χ2n) is 7.34. The second kappa shape index (κ2) is 9.05. The maximum absolute atomic E-state index is 12.6. The number of amides is 1. The zero-order valence-electron chi connectivity index (χ0n) is 15.9. The van der Waals surface area contributed by atoms with Crippen LogP contribution in [0.5, 0.6) is 0 Å². The summed E-state index contributed by atoms with van der Waals surface area (Å²) in [7, 11) is 1.95. The van der Waals surface area contributed by atoms with Crippen molar-refractivity contribution < 1.29 is 15.0 Å². The highest BCUT2D eigenvalue weighted by Crippen LogP contribution is 2.26. The van der Waals surface area contributed by atoms with Crippen molar-refractivity contribution >= 4 is 28.7 Å². The average molecular weight is 393 g/mol. The van der Waals surface area contributed by atoms with Gasteiger partial charge in [0, 0.05) is 38.7 Å². The van der Waals surface area contributed by atoms with Gasteiger partial charge in [-0.25, -0.2) is 4.98 Å². The molecule has 1 aliphatic rings. The fraction of sp³-hybridized carbons (Fsp3) is 0.579. The summed E-state index contributed by atoms with van der Waals surface area (Å²) in [5.41, 5.74) is 3.06. The number of H-pyrrole nitrogens is 1. The van der Waals surface area contributed by atoms with Crippen molar-refractivity contribution in [2.75, 3.05) is 52.2 Å². The van der Waals surface area contributed by atoms with E-state index in [0.29, 0.717) is 25.4 Å². The molecule has 2 atom stereocenters. The number of rotatable bonds is 8. The number of aliphatic hydroxyl groups excluding tert-OH is 2. The first kappa shape index (κ1) is 20.1. The van der Waals surface area contributed by atoms with Crippen molar-refractivity contribution in [1.82, 2.24) is 19.8 Å². The highest BCUT2D eigenvalue weighted by molar-refractivity contribution is 7.99. The smallest absolute Gasteiger partial charge is 0.233 e. The van der Waals surface area contributed by atoms with Gasteiger partial charge in [-0.1, -0.05) is 17.8 Å². The van der Waals surface area contributed by atoms with Crippen LogP contribution in [0.2, 0.25) is 0 Å². The van der Waals surface area contributed by atoms with Gasteiger partial charge < -0.3 is 25.0 Å². The number of hydrogen-bond donors (Lipinski definition) is 3. The lowest BCUT2D eigenvalue weighted by atomic mass is 9.96. The Bertz CT molecular complexity index is 781. The number of nitrogens with zero attached hydrogens (tertiary/aromatic N) is 3. The summed E-state index contributed by atoms with van der Waals surface area (Å²) in [5.74, 6) is 0.724. The van der Waals surface area contributed by atoms with E-state index in [1.165, 1.54) is 17.3 Å². The fourth-order valence-corrected chi connectivity index (χ4v) is 4.40. The molecular weight excluding hydrogens is 364 g/mol. The molecule has 1 saturated heterocycles. The summed E-state index contributed by atoms with van der Waals surface area (Å²) >= 11 is 1.42. The molecule has 27 heavy (non-hydrogen) atoms. The Morgan fingerprint density at radius 2 is 2.15 bits per heavy atom. The predicted molar refractivity (Wildman–Crippen MR) is 107 cm³/mol. The molecule has 3 N–H and O–H groups in total. The average Bonchev–Trinajstić information content (AvgIpc) is 3.22. The van der Waals surface area contributed by atoms with Gasteiger partial charge in [0.25, 0.3) is 0 Å². The first-order valence-electron chi connectivity index (χ1n) is 9.27. The van der Waals surface area contributed by atoms with Crippen LogP contribution >= 0.6 is 11.8 Å². The molecule has 2 aromatic rings. The number of aromatic amines is 1. The zero-order chi connectivity index (χ0) is 19.4. The third kappa shape index (κ3) is 5.01. The van der Waals surface area contributed by atoms with Crippen LogP contribution in [0.1, 0.15) is 5.56 Å². The van der Waals surface area contributed by atoms with E-state index in [1.807, 2.05) is 42.0 Å². The van der Waals surface area contributed by atoms with Crippen molar-refractivity contribution in [2.45, 2.75) is 12.1 Å². The zero-order valence-corrected chi connectivity index (χ0v) is 16.7. The maximum atomic E-state index is 12.6. The lowest BCUT2D eigenvalue weighted by Gasteiger charge is -2.23. The number of imidazole rings is 1. The highest BCUT2D eigenvalue weighted by atomic mass is 32.2. The van der Waals surface area contributed by atoms with Crippen molar-refractivity contribution in [3.63, 3.8) is 0 Å². The molecule has 0 unspecified atom stereocenters. The number of likely N-dealkylation sites (N-methyl/N-ethyl adjacent to an activating group) is 1. The van der Waals surface area contributed by atoms with E-state index in [9.17, 15) is 9.90 Å². The molecule has 3 rings (SSSR count). The monoisotopic (exact) mass is 392 g/mol. The summed E-state index contributed by atoms with van der Waals surface area (Å²) in [6.07, 6.45) is 0. The second-order valence-corrected chi connectivity index (χ2v) is 8.30. The molecule has 0 radical (unpaired) electrons. The number of aromatic nitrogens is 2. The van der Waals surface area contributed by atoms with Crippen LogP contribution in [-0.2, 0) is 4.79 Å². The first-order chi connectivity index (χ1) is 13.0. The molecule has 1 amide bonds. The number of aliphatic hydroxyl groups is 2. The minimum atomic E-state index is 0.0717. The topological polar surface area (TPSA) is 92.7 Å². The minimum absolute atomic E-state index is 0.0717. The first-order valence-corrected chi connectivity index (χ1v) is 10.3. The van der Waals surface area contributed by atoms with Crippen LogP contribution in [-0.4, -0.2) is 88.1 Å². The summed E-state index contributed by atoms with van der Waals surface area (Å²) in [6.45, 7) is 4.85. The summed E-state index contributed by atoms with van der Waals surface area (Å²) in [4.78, 5) is 24.3.